The van der Waals surface area contributed by atoms with Crippen LogP contribution in [0, 0.1) is 0 Å². The minimum Gasteiger partial charge on any atom is -0.278 e. The highest BCUT2D eigenvalue weighted by Gasteiger charge is 2.19. The summed E-state index contributed by atoms with van der Waals surface area (Å²) in [5, 5.41) is 3.88. The van der Waals surface area contributed by atoms with E-state index < -0.39 is 0 Å². The van der Waals surface area contributed by atoms with Crippen LogP contribution < -0.4 is 0 Å². The minimum atomic E-state index is 0.372. The van der Waals surface area contributed by atoms with E-state index in [2.05, 4.69) is 39.6 Å². The number of hydrogen-bond donors (Lipinski definition) is 0. The molecule has 0 fully saturated rings. The number of rotatable bonds is 6. The Morgan fingerprint density at radius 3 is 1.85 bits per heavy atom. The van der Waals surface area contributed by atoms with Crippen LogP contribution in [0.1, 0.15) is 41.0 Å². The van der Waals surface area contributed by atoms with Crippen LogP contribution in [0.5, 0.6) is 0 Å². The summed E-state index contributed by atoms with van der Waals surface area (Å²) in [5.41, 5.74) is 0. The molecule has 0 aromatic heterocycles. The average Bonchev–Trinajstić information content (AvgIpc) is 2.02. The quantitative estimate of drug-likeness (QED) is 0.467. The molecule has 0 bridgehead atoms. The van der Waals surface area contributed by atoms with Crippen LogP contribution in [0.25, 0.3) is 0 Å². The van der Waals surface area contributed by atoms with Crippen LogP contribution >= 0.6 is 0 Å². The van der Waals surface area contributed by atoms with Gasteiger partial charge in [0.25, 0.3) is 0 Å². The first-order chi connectivity index (χ1) is 6.04. The number of hydrogen-bond acceptors (Lipinski definition) is 2. The minimum absolute atomic E-state index is 0.372. The molecule has 0 atom stereocenters. The van der Waals surface area contributed by atoms with Crippen LogP contribution in [0.4, 0.5) is 0 Å². The normalized spacial score (nSPS) is 11.4. The van der Waals surface area contributed by atoms with E-state index in [-0.39, 0.29) is 0 Å². The van der Waals surface area contributed by atoms with Crippen LogP contribution in [0.2, 0.25) is 0 Å². The average molecular weight is 186 g/mol. The molecule has 0 aromatic carbocycles. The molecule has 0 aliphatic heterocycles. The van der Waals surface area contributed by atoms with E-state index in [0.29, 0.717) is 12.1 Å². The lowest BCUT2D eigenvalue weighted by Crippen LogP contribution is -2.50. The van der Waals surface area contributed by atoms with E-state index in [0.717, 1.165) is 19.4 Å². The van der Waals surface area contributed by atoms with Gasteiger partial charge in [0.1, 0.15) is 0 Å². The highest BCUT2D eigenvalue weighted by molar-refractivity contribution is 5.46. The molecule has 0 saturated heterocycles. The first kappa shape index (κ1) is 12.4. The standard InChI is InChI=1S/C10H22N2O/c1-6-7-11(8-13)12(9(2)3)10(4)5/h8-10H,6-7H2,1-5H3. The highest BCUT2D eigenvalue weighted by Crippen LogP contribution is 2.08. The molecule has 13 heavy (non-hydrogen) atoms. The summed E-state index contributed by atoms with van der Waals surface area (Å²) in [7, 11) is 0. The van der Waals surface area contributed by atoms with E-state index in [4.69, 9.17) is 0 Å². The highest BCUT2D eigenvalue weighted by atomic mass is 16.1. The van der Waals surface area contributed by atoms with Gasteiger partial charge in [0, 0.05) is 18.6 Å². The van der Waals surface area contributed by atoms with Gasteiger partial charge in [-0.05, 0) is 34.1 Å². The number of carbonyl (C=O) groups is 1. The lowest BCUT2D eigenvalue weighted by molar-refractivity contribution is -0.142. The van der Waals surface area contributed by atoms with Gasteiger partial charge in [-0.2, -0.15) is 0 Å². The van der Waals surface area contributed by atoms with E-state index >= 15 is 0 Å². The van der Waals surface area contributed by atoms with E-state index in [1.807, 2.05) is 0 Å². The van der Waals surface area contributed by atoms with Gasteiger partial charge in [-0.15, -0.1) is 0 Å². The van der Waals surface area contributed by atoms with Crippen molar-refractivity contribution >= 4 is 6.41 Å². The predicted octanol–water partition coefficient (Wildman–Crippen LogP) is 1.89. The molecule has 3 nitrogen and oxygen atoms in total. The van der Waals surface area contributed by atoms with Crippen LogP contribution in [0.15, 0.2) is 0 Å². The Morgan fingerprint density at radius 1 is 1.15 bits per heavy atom. The zero-order chi connectivity index (χ0) is 10.4. The molecule has 0 heterocycles. The van der Waals surface area contributed by atoms with Gasteiger partial charge in [-0.25, -0.2) is 5.01 Å². The zero-order valence-corrected chi connectivity index (χ0v) is 9.45. The Hall–Kier alpha value is -0.570. The van der Waals surface area contributed by atoms with Crippen molar-refractivity contribution in [2.75, 3.05) is 6.54 Å². The summed E-state index contributed by atoms with van der Waals surface area (Å²) >= 11 is 0. The fourth-order valence-corrected chi connectivity index (χ4v) is 1.64. The van der Waals surface area contributed by atoms with Crippen molar-refractivity contribution in [3.63, 3.8) is 0 Å². The van der Waals surface area contributed by atoms with Crippen molar-refractivity contribution in [1.29, 1.82) is 0 Å². The summed E-state index contributed by atoms with van der Waals surface area (Å²) in [5.74, 6) is 0. The molecule has 3 heteroatoms. The summed E-state index contributed by atoms with van der Waals surface area (Å²) in [6, 6.07) is 0.744. The van der Waals surface area contributed by atoms with Crippen molar-refractivity contribution in [3.8, 4) is 0 Å². The third-order valence-electron chi connectivity index (χ3n) is 1.93. The van der Waals surface area contributed by atoms with Gasteiger partial charge in [0.15, 0.2) is 0 Å². The van der Waals surface area contributed by atoms with E-state index in [1.165, 1.54) is 0 Å². The first-order valence-corrected chi connectivity index (χ1v) is 5.04. The first-order valence-electron chi connectivity index (χ1n) is 5.04. The van der Waals surface area contributed by atoms with Crippen LogP contribution in [0.3, 0.4) is 0 Å². The summed E-state index contributed by atoms with van der Waals surface area (Å²) in [4.78, 5) is 10.8. The third kappa shape index (κ3) is 3.77. The third-order valence-corrected chi connectivity index (χ3v) is 1.93. The van der Waals surface area contributed by atoms with Gasteiger partial charge >= 0.3 is 0 Å². The summed E-state index contributed by atoms with van der Waals surface area (Å²) in [6.45, 7) is 11.3. The maximum absolute atomic E-state index is 10.8. The Bertz CT molecular complexity index is 138. The Balaban J connectivity index is 4.38. The molecule has 0 N–H and O–H groups in total. The van der Waals surface area contributed by atoms with Gasteiger partial charge < -0.3 is 0 Å². The maximum atomic E-state index is 10.8. The summed E-state index contributed by atoms with van der Waals surface area (Å²) < 4.78 is 0. The molecular weight excluding hydrogens is 164 g/mol. The fraction of sp³-hybridized carbons (Fsp3) is 0.900. The lowest BCUT2D eigenvalue weighted by atomic mass is 10.3. The van der Waals surface area contributed by atoms with E-state index in [9.17, 15) is 4.79 Å². The molecule has 0 radical (unpaired) electrons. The van der Waals surface area contributed by atoms with Gasteiger partial charge in [0.2, 0.25) is 6.41 Å². The SMILES string of the molecule is CCCN(C=O)N(C(C)C)C(C)C. The molecule has 0 aliphatic rings. The molecule has 1 amide bonds. The maximum Gasteiger partial charge on any atom is 0.224 e. The van der Waals surface area contributed by atoms with Crippen LogP contribution in [-0.4, -0.2) is 35.1 Å². The number of hydrazine groups is 1. The topological polar surface area (TPSA) is 23.6 Å². The smallest absolute Gasteiger partial charge is 0.224 e. The largest absolute Gasteiger partial charge is 0.278 e. The van der Waals surface area contributed by atoms with E-state index in [1.54, 1.807) is 5.01 Å². The van der Waals surface area contributed by atoms with Crippen molar-refractivity contribution in [2.24, 2.45) is 0 Å². The number of carbonyl (C=O) groups excluding carboxylic acids is 1. The second-order valence-electron chi connectivity index (χ2n) is 3.84. The molecule has 78 valence electrons. The summed E-state index contributed by atoms with van der Waals surface area (Å²) in [6.07, 6.45) is 1.91. The second-order valence-corrected chi connectivity index (χ2v) is 3.84. The molecule has 0 spiro atoms. The lowest BCUT2D eigenvalue weighted by Gasteiger charge is -2.38. The van der Waals surface area contributed by atoms with Crippen molar-refractivity contribution < 1.29 is 4.79 Å². The van der Waals surface area contributed by atoms with Crippen LogP contribution in [-0.2, 0) is 4.79 Å². The monoisotopic (exact) mass is 186 g/mol. The predicted molar refractivity (Wildman–Crippen MR) is 55.2 cm³/mol. The zero-order valence-electron chi connectivity index (χ0n) is 9.45. The van der Waals surface area contributed by atoms with Gasteiger partial charge in [-0.1, -0.05) is 6.92 Å². The fourth-order valence-electron chi connectivity index (χ4n) is 1.64. The van der Waals surface area contributed by atoms with Crippen molar-refractivity contribution in [1.82, 2.24) is 10.0 Å². The number of amides is 1. The Morgan fingerprint density at radius 2 is 1.62 bits per heavy atom. The van der Waals surface area contributed by atoms with Crippen molar-refractivity contribution in [3.05, 3.63) is 0 Å². The molecule has 0 aliphatic carbocycles. The molecule has 0 aromatic rings. The van der Waals surface area contributed by atoms with Gasteiger partial charge in [-0.3, -0.25) is 9.80 Å². The second kappa shape index (κ2) is 5.97. The Kier molecular flexibility index (Phi) is 5.71. The Labute approximate surface area is 81.7 Å². The van der Waals surface area contributed by atoms with Gasteiger partial charge in [0.05, 0.1) is 0 Å². The molecule has 0 unspecified atom stereocenters. The molecule has 0 saturated carbocycles. The number of nitrogens with zero attached hydrogens (tertiary/aromatic N) is 2. The molecule has 0 rings (SSSR count). The van der Waals surface area contributed by atoms with Crippen molar-refractivity contribution in [2.45, 2.75) is 53.1 Å². The molecular formula is C10H22N2O.